The number of nitrogens with one attached hydrogen (secondary N) is 2. The molecule has 1 atom stereocenters. The van der Waals surface area contributed by atoms with E-state index in [9.17, 15) is 9.59 Å². The molecule has 7 heteroatoms. The lowest BCUT2D eigenvalue weighted by atomic mass is 9.96. The monoisotopic (exact) mass is 374 g/mol. The average molecular weight is 375 g/mol. The summed E-state index contributed by atoms with van der Waals surface area (Å²) >= 11 is 5.96. The van der Waals surface area contributed by atoms with E-state index < -0.39 is 11.6 Å². The number of benzene rings is 2. The largest absolute Gasteiger partial charge is 0.482 e. The summed E-state index contributed by atoms with van der Waals surface area (Å²) in [7, 11) is 0. The Morgan fingerprint density at radius 3 is 2.58 bits per heavy atom. The first-order valence-electron chi connectivity index (χ1n) is 8.20. The van der Waals surface area contributed by atoms with E-state index in [1.165, 1.54) is 0 Å². The fourth-order valence-corrected chi connectivity index (χ4v) is 2.95. The van der Waals surface area contributed by atoms with Gasteiger partial charge in [0.1, 0.15) is 11.4 Å². The Kier molecular flexibility index (Phi) is 5.04. The molecule has 1 aliphatic rings. The summed E-state index contributed by atoms with van der Waals surface area (Å²) in [6, 6.07) is 12.3. The molecule has 0 radical (unpaired) electrons. The summed E-state index contributed by atoms with van der Waals surface area (Å²) in [5, 5.41) is 6.79. The number of rotatable bonds is 5. The Morgan fingerprint density at radius 1 is 1.15 bits per heavy atom. The van der Waals surface area contributed by atoms with E-state index in [1.54, 1.807) is 37.3 Å². The van der Waals surface area contributed by atoms with Gasteiger partial charge in [0.15, 0.2) is 6.61 Å². The number of hydrogen-bond donors (Lipinski definition) is 2. The van der Waals surface area contributed by atoms with Gasteiger partial charge in [-0.3, -0.25) is 4.79 Å². The van der Waals surface area contributed by atoms with Crippen molar-refractivity contribution in [1.82, 2.24) is 5.32 Å². The normalized spacial score (nSPS) is 18.3. The first kappa shape index (κ1) is 18.1. The predicted octanol–water partition coefficient (Wildman–Crippen LogP) is 3.31. The van der Waals surface area contributed by atoms with Crippen LogP contribution in [0.4, 0.5) is 5.69 Å². The molecule has 136 valence electrons. The summed E-state index contributed by atoms with van der Waals surface area (Å²) in [6.45, 7) is 3.78. The van der Waals surface area contributed by atoms with E-state index in [2.05, 4.69) is 10.6 Å². The minimum absolute atomic E-state index is 0.145. The quantitative estimate of drug-likeness (QED) is 0.785. The Labute approximate surface area is 156 Å². The van der Waals surface area contributed by atoms with E-state index in [4.69, 9.17) is 21.1 Å². The number of esters is 1. The highest BCUT2D eigenvalue weighted by Crippen LogP contribution is 2.33. The van der Waals surface area contributed by atoms with Gasteiger partial charge >= 0.3 is 5.97 Å². The van der Waals surface area contributed by atoms with Crippen LogP contribution in [0.15, 0.2) is 42.5 Å². The zero-order valence-corrected chi connectivity index (χ0v) is 15.2. The molecule has 0 saturated carbocycles. The fourth-order valence-electron chi connectivity index (χ4n) is 2.78. The average Bonchev–Trinajstić information content (AvgIpc) is 2.61. The van der Waals surface area contributed by atoms with Gasteiger partial charge in [0.25, 0.3) is 5.91 Å². The molecule has 0 aliphatic carbocycles. The summed E-state index contributed by atoms with van der Waals surface area (Å²) in [4.78, 5) is 23.8. The molecule has 0 fully saturated rings. The summed E-state index contributed by atoms with van der Waals surface area (Å²) in [5.41, 5.74) is 1.28. The first-order chi connectivity index (χ1) is 12.4. The van der Waals surface area contributed by atoms with Crippen molar-refractivity contribution in [3.05, 3.63) is 58.6 Å². The van der Waals surface area contributed by atoms with Gasteiger partial charge < -0.3 is 20.1 Å². The minimum atomic E-state index is -0.780. The maximum Gasteiger partial charge on any atom is 0.344 e. The smallest absolute Gasteiger partial charge is 0.344 e. The molecule has 2 N–H and O–H groups in total. The van der Waals surface area contributed by atoms with Gasteiger partial charge in [0.2, 0.25) is 0 Å². The molecule has 6 nitrogen and oxygen atoms in total. The lowest BCUT2D eigenvalue weighted by Crippen LogP contribution is -2.52. The van der Waals surface area contributed by atoms with Crippen LogP contribution < -0.4 is 15.4 Å². The number of amides is 1. The van der Waals surface area contributed by atoms with Gasteiger partial charge in [-0.25, -0.2) is 4.79 Å². The molecule has 0 bridgehead atoms. The highest BCUT2D eigenvalue weighted by atomic mass is 35.5. The molecule has 26 heavy (non-hydrogen) atoms. The maximum atomic E-state index is 12.4. The second kappa shape index (κ2) is 7.25. The van der Waals surface area contributed by atoms with Gasteiger partial charge in [0.05, 0.1) is 12.2 Å². The number of carbonyl (C=O) groups excluding carboxylic acids is 2. The Balaban J connectivity index is 1.75. The van der Waals surface area contributed by atoms with E-state index in [-0.39, 0.29) is 12.5 Å². The van der Waals surface area contributed by atoms with Crippen molar-refractivity contribution >= 4 is 29.2 Å². The number of hydrogen-bond acceptors (Lipinski definition) is 5. The van der Waals surface area contributed by atoms with Crippen LogP contribution in [-0.4, -0.2) is 25.1 Å². The third kappa shape index (κ3) is 3.75. The van der Waals surface area contributed by atoms with Gasteiger partial charge in [-0.15, -0.1) is 0 Å². The van der Waals surface area contributed by atoms with Gasteiger partial charge in [-0.05, 0) is 49.7 Å². The number of carbonyl (C=O) groups is 2. The topological polar surface area (TPSA) is 76.7 Å². The Morgan fingerprint density at radius 2 is 1.88 bits per heavy atom. The zero-order valence-electron chi connectivity index (χ0n) is 14.5. The molecule has 0 unspecified atom stereocenters. The van der Waals surface area contributed by atoms with Gasteiger partial charge in [-0.2, -0.15) is 0 Å². The molecule has 3 rings (SSSR count). The fraction of sp³-hybridized carbons (Fsp3) is 0.263. The van der Waals surface area contributed by atoms with E-state index >= 15 is 0 Å². The van der Waals surface area contributed by atoms with Crippen LogP contribution in [0.25, 0.3) is 0 Å². The highest BCUT2D eigenvalue weighted by Gasteiger charge is 2.34. The minimum Gasteiger partial charge on any atom is -0.482 e. The van der Waals surface area contributed by atoms with Crippen LogP contribution in [-0.2, 0) is 15.2 Å². The molecule has 1 heterocycles. The SMILES string of the molecule is CCOC(=O)COc1ccc([C@]2(C)NC(=O)c3cc(Cl)ccc3N2)cc1. The third-order valence-corrected chi connectivity index (χ3v) is 4.30. The lowest BCUT2D eigenvalue weighted by Gasteiger charge is -2.38. The van der Waals surface area contributed by atoms with Crippen molar-refractivity contribution < 1.29 is 19.1 Å². The van der Waals surface area contributed by atoms with Crippen molar-refractivity contribution in [2.24, 2.45) is 0 Å². The van der Waals surface area contributed by atoms with Gasteiger partial charge in [0, 0.05) is 10.7 Å². The van der Waals surface area contributed by atoms with Crippen LogP contribution in [0, 0.1) is 0 Å². The van der Waals surface area contributed by atoms with Crippen molar-refractivity contribution in [3.8, 4) is 5.75 Å². The summed E-state index contributed by atoms with van der Waals surface area (Å²) < 4.78 is 10.2. The molecule has 0 spiro atoms. The molecule has 2 aromatic rings. The van der Waals surface area contributed by atoms with Crippen LogP contribution in [0.5, 0.6) is 5.75 Å². The molecular formula is C19H19ClN2O4. The number of fused-ring (bicyclic) bond motifs is 1. The second-order valence-electron chi connectivity index (χ2n) is 6.01. The van der Waals surface area contributed by atoms with E-state index in [0.29, 0.717) is 28.6 Å². The van der Waals surface area contributed by atoms with Crippen molar-refractivity contribution in [2.45, 2.75) is 19.5 Å². The highest BCUT2D eigenvalue weighted by molar-refractivity contribution is 6.31. The Bertz CT molecular complexity index is 838. The molecule has 0 saturated heterocycles. The predicted molar refractivity (Wildman–Crippen MR) is 98.5 cm³/mol. The summed E-state index contributed by atoms with van der Waals surface area (Å²) in [6.07, 6.45) is 0. The van der Waals surface area contributed by atoms with Crippen molar-refractivity contribution in [3.63, 3.8) is 0 Å². The van der Waals surface area contributed by atoms with E-state index in [0.717, 1.165) is 5.56 Å². The molecular weight excluding hydrogens is 356 g/mol. The molecule has 1 amide bonds. The van der Waals surface area contributed by atoms with Crippen LogP contribution in [0.2, 0.25) is 5.02 Å². The van der Waals surface area contributed by atoms with Crippen molar-refractivity contribution in [2.75, 3.05) is 18.5 Å². The standard InChI is InChI=1S/C19H19ClN2O4/c1-3-25-17(23)11-26-14-7-4-12(5-8-14)19(2)21-16-9-6-13(20)10-15(16)18(24)22-19/h4-10,21H,3,11H2,1-2H3,(H,22,24)/t19-/m0/s1. The van der Waals surface area contributed by atoms with Crippen LogP contribution in [0.1, 0.15) is 29.8 Å². The summed E-state index contributed by atoms with van der Waals surface area (Å²) in [5.74, 6) is -0.0777. The zero-order chi connectivity index (χ0) is 18.7. The number of halogens is 1. The number of ether oxygens (including phenoxy) is 2. The second-order valence-corrected chi connectivity index (χ2v) is 6.45. The number of anilines is 1. The molecule has 1 aliphatic heterocycles. The third-order valence-electron chi connectivity index (χ3n) is 4.07. The lowest BCUT2D eigenvalue weighted by molar-refractivity contribution is -0.145. The van der Waals surface area contributed by atoms with E-state index in [1.807, 2.05) is 19.1 Å². The van der Waals surface area contributed by atoms with Crippen LogP contribution >= 0.6 is 11.6 Å². The molecule has 2 aromatic carbocycles. The maximum absolute atomic E-state index is 12.4. The van der Waals surface area contributed by atoms with Crippen LogP contribution in [0.3, 0.4) is 0 Å². The Hall–Kier alpha value is -2.73. The van der Waals surface area contributed by atoms with Gasteiger partial charge in [-0.1, -0.05) is 23.7 Å². The van der Waals surface area contributed by atoms with Crippen molar-refractivity contribution in [1.29, 1.82) is 0 Å². The molecule has 0 aromatic heterocycles. The first-order valence-corrected chi connectivity index (χ1v) is 8.58.